The average molecular weight is 326 g/mol. The van der Waals surface area contributed by atoms with Crippen LogP contribution in [-0.2, 0) is 9.59 Å². The second kappa shape index (κ2) is 6.85. The second-order valence-electron chi connectivity index (χ2n) is 5.45. The fourth-order valence-corrected chi connectivity index (χ4v) is 2.57. The lowest BCUT2D eigenvalue weighted by atomic mass is 9.97. The number of hydrogen-bond donors (Lipinski definition) is 1. The predicted molar refractivity (Wildman–Crippen MR) is 79.0 cm³/mol. The first-order chi connectivity index (χ1) is 10.8. The summed E-state index contributed by atoms with van der Waals surface area (Å²) >= 11 is 0. The van der Waals surface area contributed by atoms with Gasteiger partial charge in [-0.15, -0.1) is 0 Å². The van der Waals surface area contributed by atoms with Crippen LogP contribution in [0.5, 0.6) is 0 Å². The summed E-state index contributed by atoms with van der Waals surface area (Å²) in [5.74, 6) is -1.80. The van der Waals surface area contributed by atoms with Crippen LogP contribution in [0.1, 0.15) is 18.4 Å². The number of benzene rings is 1. The van der Waals surface area contributed by atoms with Crippen LogP contribution in [0, 0.1) is 5.92 Å². The van der Waals surface area contributed by atoms with Gasteiger partial charge in [0.15, 0.2) is 0 Å². The molecule has 7 heteroatoms. The topological polar surface area (TPSA) is 63.4 Å². The molecule has 4 nitrogen and oxygen atoms in total. The van der Waals surface area contributed by atoms with E-state index in [1.54, 1.807) is 6.07 Å². The van der Waals surface area contributed by atoms with Crippen molar-refractivity contribution < 1.29 is 22.8 Å². The first-order valence-electron chi connectivity index (χ1n) is 7.21. The molecule has 0 radical (unpaired) electrons. The molecule has 0 saturated carbocycles. The van der Waals surface area contributed by atoms with Gasteiger partial charge in [0, 0.05) is 19.2 Å². The van der Waals surface area contributed by atoms with Crippen molar-refractivity contribution in [2.24, 2.45) is 11.7 Å². The maximum Gasteiger partial charge on any atom is 0.417 e. The number of piperidine rings is 1. The number of carbonyl (C=O) groups is 2. The van der Waals surface area contributed by atoms with Gasteiger partial charge >= 0.3 is 6.18 Å². The molecule has 1 atom stereocenters. The summed E-state index contributed by atoms with van der Waals surface area (Å²) in [6, 6.07) is 7.15. The normalized spacial score (nSPS) is 19.5. The van der Waals surface area contributed by atoms with Gasteiger partial charge in [-0.1, -0.05) is 30.3 Å². The van der Waals surface area contributed by atoms with Gasteiger partial charge in [0.25, 0.3) is 0 Å². The van der Waals surface area contributed by atoms with Crippen molar-refractivity contribution in [1.82, 2.24) is 4.90 Å². The van der Waals surface area contributed by atoms with Crippen LogP contribution in [0.4, 0.5) is 13.2 Å². The largest absolute Gasteiger partial charge is 0.417 e. The molecule has 1 fully saturated rings. The Morgan fingerprint density at radius 2 is 1.87 bits per heavy atom. The van der Waals surface area contributed by atoms with Gasteiger partial charge in [0.05, 0.1) is 11.5 Å². The smallest absolute Gasteiger partial charge is 0.369 e. The molecule has 2 rings (SSSR count). The van der Waals surface area contributed by atoms with E-state index < -0.39 is 29.5 Å². The minimum atomic E-state index is -4.64. The van der Waals surface area contributed by atoms with Crippen molar-refractivity contribution in [1.29, 1.82) is 0 Å². The first kappa shape index (κ1) is 17.1. The van der Waals surface area contributed by atoms with E-state index >= 15 is 0 Å². The first-order valence-corrected chi connectivity index (χ1v) is 7.21. The highest BCUT2D eigenvalue weighted by atomic mass is 19.4. The number of halogens is 3. The van der Waals surface area contributed by atoms with Gasteiger partial charge in [-0.2, -0.15) is 13.2 Å². The van der Waals surface area contributed by atoms with Crippen LogP contribution in [0.2, 0.25) is 0 Å². The second-order valence-corrected chi connectivity index (χ2v) is 5.45. The number of amides is 2. The fraction of sp³-hybridized carbons (Fsp3) is 0.375. The highest BCUT2D eigenvalue weighted by molar-refractivity contribution is 5.96. The van der Waals surface area contributed by atoms with Gasteiger partial charge in [-0.05, 0) is 18.4 Å². The Morgan fingerprint density at radius 1 is 1.22 bits per heavy atom. The van der Waals surface area contributed by atoms with Crippen molar-refractivity contribution in [3.63, 3.8) is 0 Å². The van der Waals surface area contributed by atoms with Crippen molar-refractivity contribution in [2.45, 2.75) is 19.0 Å². The third-order valence-electron chi connectivity index (χ3n) is 3.79. The molecular formula is C16H17F3N2O2. The van der Waals surface area contributed by atoms with Gasteiger partial charge in [-0.3, -0.25) is 9.59 Å². The third kappa shape index (κ3) is 4.34. The molecule has 124 valence electrons. The highest BCUT2D eigenvalue weighted by Crippen LogP contribution is 2.34. The lowest BCUT2D eigenvalue weighted by Gasteiger charge is -2.30. The zero-order chi connectivity index (χ0) is 17.0. The Kier molecular flexibility index (Phi) is 5.08. The minimum Gasteiger partial charge on any atom is -0.369 e. The molecule has 0 bridgehead atoms. The zero-order valence-corrected chi connectivity index (χ0v) is 12.3. The van der Waals surface area contributed by atoms with Crippen LogP contribution in [0.25, 0.3) is 5.57 Å². The van der Waals surface area contributed by atoms with Gasteiger partial charge < -0.3 is 10.6 Å². The van der Waals surface area contributed by atoms with E-state index in [4.69, 9.17) is 5.73 Å². The van der Waals surface area contributed by atoms with Crippen LogP contribution in [-0.4, -0.2) is 36.0 Å². The molecule has 2 N–H and O–H groups in total. The summed E-state index contributed by atoms with van der Waals surface area (Å²) in [5.41, 5.74) is 4.15. The number of alkyl halides is 3. The highest BCUT2D eigenvalue weighted by Gasteiger charge is 2.36. The lowest BCUT2D eigenvalue weighted by Crippen LogP contribution is -2.43. The van der Waals surface area contributed by atoms with Crippen molar-refractivity contribution >= 4 is 17.4 Å². The number of nitrogens with zero attached hydrogens (tertiary/aromatic N) is 1. The molecular weight excluding hydrogens is 309 g/mol. The molecule has 1 aromatic carbocycles. The predicted octanol–water partition coefficient (Wildman–Crippen LogP) is 2.36. The summed E-state index contributed by atoms with van der Waals surface area (Å²) in [4.78, 5) is 24.7. The molecule has 1 aliphatic rings. The third-order valence-corrected chi connectivity index (χ3v) is 3.79. The molecule has 23 heavy (non-hydrogen) atoms. The van der Waals surface area contributed by atoms with Crippen molar-refractivity contribution in [3.8, 4) is 0 Å². The molecule has 1 aromatic rings. The van der Waals surface area contributed by atoms with E-state index in [9.17, 15) is 22.8 Å². The maximum atomic E-state index is 13.2. The van der Waals surface area contributed by atoms with E-state index in [1.807, 2.05) is 0 Å². The Bertz CT molecular complexity index is 612. The SMILES string of the molecule is NC(=O)[C@H]1CCCN(C(=O)/C=C(/c2ccccc2)C(F)(F)F)C1. The Balaban J connectivity index is 2.25. The molecule has 1 aliphatic heterocycles. The summed E-state index contributed by atoms with van der Waals surface area (Å²) in [6.07, 6.45) is -2.96. The van der Waals surface area contributed by atoms with E-state index in [2.05, 4.69) is 0 Å². The standard InChI is InChI=1S/C16H17F3N2O2/c17-16(18,19)13(11-5-2-1-3-6-11)9-14(22)21-8-4-7-12(10-21)15(20)23/h1-3,5-6,9,12H,4,7-8,10H2,(H2,20,23)/b13-9-/t12-/m0/s1. The Morgan fingerprint density at radius 3 is 2.43 bits per heavy atom. The summed E-state index contributed by atoms with van der Waals surface area (Å²) in [5, 5.41) is 0. The summed E-state index contributed by atoms with van der Waals surface area (Å²) in [7, 11) is 0. The minimum absolute atomic E-state index is 0.0601. The monoisotopic (exact) mass is 326 g/mol. The van der Waals surface area contributed by atoms with Crippen LogP contribution in [0.3, 0.4) is 0 Å². The van der Waals surface area contributed by atoms with Crippen LogP contribution >= 0.6 is 0 Å². The molecule has 1 heterocycles. The molecule has 0 unspecified atom stereocenters. The molecule has 0 aliphatic carbocycles. The van der Waals surface area contributed by atoms with Crippen LogP contribution in [0.15, 0.2) is 36.4 Å². The Hall–Kier alpha value is -2.31. The Labute approximate surface area is 131 Å². The number of rotatable bonds is 3. The van der Waals surface area contributed by atoms with Gasteiger partial charge in [0.1, 0.15) is 0 Å². The lowest BCUT2D eigenvalue weighted by molar-refractivity contribution is -0.131. The molecule has 1 saturated heterocycles. The van der Waals surface area contributed by atoms with E-state index in [-0.39, 0.29) is 12.1 Å². The average Bonchev–Trinajstić information content (AvgIpc) is 2.52. The van der Waals surface area contributed by atoms with E-state index in [0.29, 0.717) is 25.5 Å². The summed E-state index contributed by atoms with van der Waals surface area (Å²) in [6.45, 7) is 0.379. The molecule has 0 spiro atoms. The van der Waals surface area contributed by atoms with Crippen molar-refractivity contribution in [2.75, 3.05) is 13.1 Å². The number of primary amides is 1. The van der Waals surface area contributed by atoms with E-state index in [0.717, 1.165) is 0 Å². The van der Waals surface area contributed by atoms with Crippen LogP contribution < -0.4 is 5.73 Å². The molecule has 2 amide bonds. The van der Waals surface area contributed by atoms with Gasteiger partial charge in [0.2, 0.25) is 11.8 Å². The number of allylic oxidation sites excluding steroid dienone is 1. The summed E-state index contributed by atoms with van der Waals surface area (Å²) < 4.78 is 39.7. The zero-order valence-electron chi connectivity index (χ0n) is 12.3. The van der Waals surface area contributed by atoms with Gasteiger partial charge in [-0.25, -0.2) is 0 Å². The number of likely N-dealkylation sites (tertiary alicyclic amines) is 1. The number of carbonyl (C=O) groups excluding carboxylic acids is 2. The number of hydrogen-bond acceptors (Lipinski definition) is 2. The fourth-order valence-electron chi connectivity index (χ4n) is 2.57. The van der Waals surface area contributed by atoms with E-state index in [1.165, 1.54) is 29.2 Å². The van der Waals surface area contributed by atoms with Crippen molar-refractivity contribution in [3.05, 3.63) is 42.0 Å². The molecule has 0 aromatic heterocycles. The number of nitrogens with two attached hydrogens (primary N) is 1. The quantitative estimate of drug-likeness (QED) is 0.867. The maximum absolute atomic E-state index is 13.2.